The van der Waals surface area contributed by atoms with Crippen molar-refractivity contribution >= 4 is 17.5 Å². The fourth-order valence-corrected chi connectivity index (χ4v) is 2.03. The van der Waals surface area contributed by atoms with Crippen molar-refractivity contribution < 1.29 is 4.79 Å². The zero-order chi connectivity index (χ0) is 10.8. The summed E-state index contributed by atoms with van der Waals surface area (Å²) in [6, 6.07) is 1.65. The van der Waals surface area contributed by atoms with Crippen LogP contribution in [0.3, 0.4) is 0 Å². The molecule has 0 bridgehead atoms. The largest absolute Gasteiger partial charge is 0.356 e. The Bertz CT molecular complexity index is 363. The highest BCUT2D eigenvalue weighted by Gasteiger charge is 2.26. The molecule has 1 amide bonds. The van der Waals surface area contributed by atoms with Gasteiger partial charge in [0.15, 0.2) is 0 Å². The lowest BCUT2D eigenvalue weighted by molar-refractivity contribution is 0.0782. The normalized spacial score (nSPS) is 20.9. The number of hydrogen-bond acceptors (Lipinski definition) is 2. The van der Waals surface area contributed by atoms with Crippen LogP contribution < -0.4 is 5.73 Å². The van der Waals surface area contributed by atoms with Gasteiger partial charge in [-0.15, -0.1) is 0 Å². The van der Waals surface area contributed by atoms with Gasteiger partial charge in [-0.3, -0.25) is 4.79 Å². The third kappa shape index (κ3) is 2.16. The van der Waals surface area contributed by atoms with Gasteiger partial charge in [-0.2, -0.15) is 0 Å². The number of aromatic nitrogens is 1. The molecule has 3 N–H and O–H groups in total. The van der Waals surface area contributed by atoms with Crippen LogP contribution in [0.25, 0.3) is 0 Å². The van der Waals surface area contributed by atoms with Crippen LogP contribution in [-0.2, 0) is 0 Å². The fourth-order valence-electron chi connectivity index (χ4n) is 1.87. The van der Waals surface area contributed by atoms with E-state index in [4.69, 9.17) is 17.3 Å². The molecule has 0 radical (unpaired) electrons. The first kappa shape index (κ1) is 10.5. The van der Waals surface area contributed by atoms with Gasteiger partial charge < -0.3 is 15.6 Å². The van der Waals surface area contributed by atoms with Crippen LogP contribution in [-0.4, -0.2) is 35.4 Å². The van der Waals surface area contributed by atoms with E-state index in [1.807, 2.05) is 4.90 Å². The van der Waals surface area contributed by atoms with E-state index in [1.54, 1.807) is 12.3 Å². The summed E-state index contributed by atoms with van der Waals surface area (Å²) in [5.41, 5.74) is 6.13. The van der Waals surface area contributed by atoms with E-state index < -0.39 is 0 Å². The first-order chi connectivity index (χ1) is 7.20. The Morgan fingerprint density at radius 3 is 3.07 bits per heavy atom. The van der Waals surface area contributed by atoms with E-state index in [2.05, 4.69) is 4.98 Å². The molecule has 0 spiro atoms. The number of nitrogens with two attached hydrogens (primary N) is 1. The van der Waals surface area contributed by atoms with Crippen molar-refractivity contribution in [1.82, 2.24) is 9.88 Å². The van der Waals surface area contributed by atoms with Gasteiger partial charge in [0.25, 0.3) is 5.91 Å². The molecular weight excluding hydrogens is 214 g/mol. The highest BCUT2D eigenvalue weighted by molar-refractivity contribution is 6.30. The minimum atomic E-state index is 0.0119. The predicted molar refractivity (Wildman–Crippen MR) is 58.9 cm³/mol. The summed E-state index contributed by atoms with van der Waals surface area (Å²) < 4.78 is 0. The maximum absolute atomic E-state index is 11.9. The van der Waals surface area contributed by atoms with Crippen molar-refractivity contribution in [3.63, 3.8) is 0 Å². The Kier molecular flexibility index (Phi) is 2.98. The molecule has 1 fully saturated rings. The molecule has 82 valence electrons. The first-order valence-electron chi connectivity index (χ1n) is 5.04. The smallest absolute Gasteiger partial charge is 0.270 e. The maximum Gasteiger partial charge on any atom is 0.270 e. The van der Waals surface area contributed by atoms with Crippen LogP contribution in [0.15, 0.2) is 12.3 Å². The zero-order valence-electron chi connectivity index (χ0n) is 8.37. The average molecular weight is 228 g/mol. The number of H-pyrrole nitrogens is 1. The van der Waals surface area contributed by atoms with E-state index in [0.29, 0.717) is 23.2 Å². The van der Waals surface area contributed by atoms with Gasteiger partial charge in [0.05, 0.1) is 5.02 Å². The van der Waals surface area contributed by atoms with Crippen LogP contribution in [0.4, 0.5) is 0 Å². The molecule has 0 aliphatic carbocycles. The summed E-state index contributed by atoms with van der Waals surface area (Å²) in [5, 5.41) is 0.563. The second-order valence-electron chi connectivity index (χ2n) is 3.87. The van der Waals surface area contributed by atoms with Crippen molar-refractivity contribution in [3.05, 3.63) is 23.0 Å². The topological polar surface area (TPSA) is 62.1 Å². The monoisotopic (exact) mass is 227 g/mol. The molecule has 1 saturated heterocycles. The van der Waals surface area contributed by atoms with Gasteiger partial charge in [0, 0.05) is 19.3 Å². The minimum Gasteiger partial charge on any atom is -0.356 e. The van der Waals surface area contributed by atoms with E-state index in [9.17, 15) is 4.79 Å². The number of carbonyl (C=O) groups excluding carboxylic acids is 1. The van der Waals surface area contributed by atoms with Crippen molar-refractivity contribution in [3.8, 4) is 0 Å². The van der Waals surface area contributed by atoms with Crippen LogP contribution in [0.1, 0.15) is 16.9 Å². The molecule has 4 nitrogen and oxygen atoms in total. The fraction of sp³-hybridized carbons (Fsp3) is 0.500. The SMILES string of the molecule is NCC1CCN(C(=O)c2cc(Cl)c[nH]2)C1. The van der Waals surface area contributed by atoms with E-state index in [0.717, 1.165) is 19.5 Å². The average Bonchev–Trinajstić information content (AvgIpc) is 2.84. The number of aromatic amines is 1. The van der Waals surface area contributed by atoms with Crippen LogP contribution in [0.2, 0.25) is 5.02 Å². The Morgan fingerprint density at radius 1 is 1.73 bits per heavy atom. The van der Waals surface area contributed by atoms with Gasteiger partial charge in [0.1, 0.15) is 5.69 Å². The number of halogens is 1. The van der Waals surface area contributed by atoms with Crippen molar-refractivity contribution in [2.75, 3.05) is 19.6 Å². The summed E-state index contributed by atoms with van der Waals surface area (Å²) >= 11 is 5.75. The quantitative estimate of drug-likeness (QED) is 0.795. The lowest BCUT2D eigenvalue weighted by atomic mass is 10.1. The molecular formula is C10H14ClN3O. The Balaban J connectivity index is 2.03. The summed E-state index contributed by atoms with van der Waals surface area (Å²) in [4.78, 5) is 16.6. The lowest BCUT2D eigenvalue weighted by Crippen LogP contribution is -2.30. The second kappa shape index (κ2) is 4.24. The summed E-state index contributed by atoms with van der Waals surface area (Å²) in [6.07, 6.45) is 2.61. The van der Waals surface area contributed by atoms with E-state index in [-0.39, 0.29) is 5.91 Å². The molecule has 1 aromatic rings. The number of carbonyl (C=O) groups is 1. The summed E-state index contributed by atoms with van der Waals surface area (Å²) in [5.74, 6) is 0.456. The number of hydrogen-bond donors (Lipinski definition) is 2. The molecule has 1 aliphatic rings. The van der Waals surface area contributed by atoms with E-state index in [1.165, 1.54) is 0 Å². The third-order valence-electron chi connectivity index (χ3n) is 2.78. The number of rotatable bonds is 2. The highest BCUT2D eigenvalue weighted by Crippen LogP contribution is 2.18. The Morgan fingerprint density at radius 2 is 2.53 bits per heavy atom. The zero-order valence-corrected chi connectivity index (χ0v) is 9.13. The lowest BCUT2D eigenvalue weighted by Gasteiger charge is -2.14. The number of amides is 1. The highest BCUT2D eigenvalue weighted by atomic mass is 35.5. The van der Waals surface area contributed by atoms with Crippen molar-refractivity contribution in [1.29, 1.82) is 0 Å². The molecule has 1 aliphatic heterocycles. The number of nitrogens with one attached hydrogen (secondary N) is 1. The molecule has 1 aromatic heterocycles. The predicted octanol–water partition coefficient (Wildman–Crippen LogP) is 1.09. The summed E-state index contributed by atoms with van der Waals surface area (Å²) in [7, 11) is 0. The number of nitrogens with zero attached hydrogens (tertiary/aromatic N) is 1. The molecule has 1 unspecified atom stereocenters. The van der Waals surface area contributed by atoms with Crippen LogP contribution in [0.5, 0.6) is 0 Å². The van der Waals surface area contributed by atoms with Gasteiger partial charge in [-0.1, -0.05) is 11.6 Å². The Hall–Kier alpha value is -1.00. The maximum atomic E-state index is 11.9. The molecule has 5 heteroatoms. The second-order valence-corrected chi connectivity index (χ2v) is 4.31. The minimum absolute atomic E-state index is 0.0119. The van der Waals surface area contributed by atoms with Crippen LogP contribution in [0, 0.1) is 5.92 Å². The third-order valence-corrected chi connectivity index (χ3v) is 3.00. The van der Waals surface area contributed by atoms with Crippen molar-refractivity contribution in [2.45, 2.75) is 6.42 Å². The van der Waals surface area contributed by atoms with E-state index >= 15 is 0 Å². The summed E-state index contributed by atoms with van der Waals surface area (Å²) in [6.45, 7) is 2.19. The van der Waals surface area contributed by atoms with Gasteiger partial charge in [-0.25, -0.2) is 0 Å². The molecule has 2 rings (SSSR count). The molecule has 15 heavy (non-hydrogen) atoms. The van der Waals surface area contributed by atoms with Crippen molar-refractivity contribution in [2.24, 2.45) is 11.7 Å². The molecule has 1 atom stereocenters. The first-order valence-corrected chi connectivity index (χ1v) is 5.41. The number of likely N-dealkylation sites (tertiary alicyclic amines) is 1. The van der Waals surface area contributed by atoms with Gasteiger partial charge in [-0.05, 0) is 24.9 Å². The molecule has 0 saturated carbocycles. The Labute approximate surface area is 93.4 Å². The van der Waals surface area contributed by atoms with Crippen LogP contribution >= 0.6 is 11.6 Å². The van der Waals surface area contributed by atoms with Gasteiger partial charge >= 0.3 is 0 Å². The van der Waals surface area contributed by atoms with Gasteiger partial charge in [0.2, 0.25) is 0 Å². The molecule has 0 aromatic carbocycles. The molecule has 2 heterocycles. The standard InChI is InChI=1S/C10H14ClN3O/c11-8-3-9(13-5-8)10(15)14-2-1-7(4-12)6-14/h3,5,7,13H,1-2,4,6,12H2.